The lowest BCUT2D eigenvalue weighted by Crippen LogP contribution is -2.38. The van der Waals surface area contributed by atoms with Crippen LogP contribution < -0.4 is 5.32 Å². The Morgan fingerprint density at radius 1 is 1.10 bits per heavy atom. The number of fused-ring (bicyclic) bond motifs is 1. The highest BCUT2D eigenvalue weighted by Crippen LogP contribution is 2.30. The number of hydrogen-bond acceptors (Lipinski definition) is 2. The van der Waals surface area contributed by atoms with Crippen molar-refractivity contribution in [1.29, 1.82) is 0 Å². The average Bonchev–Trinajstić information content (AvgIpc) is 2.54. The van der Waals surface area contributed by atoms with E-state index < -0.39 is 5.60 Å². The van der Waals surface area contributed by atoms with Gasteiger partial charge in [0.15, 0.2) is 0 Å². The van der Waals surface area contributed by atoms with Gasteiger partial charge in [-0.2, -0.15) is 0 Å². The summed E-state index contributed by atoms with van der Waals surface area (Å²) >= 11 is 0. The van der Waals surface area contributed by atoms with Gasteiger partial charge in [0.1, 0.15) is 0 Å². The molecule has 0 bridgehead atoms. The lowest BCUT2D eigenvalue weighted by Gasteiger charge is -2.31. The molecule has 21 heavy (non-hydrogen) atoms. The van der Waals surface area contributed by atoms with Gasteiger partial charge < -0.3 is 10.4 Å². The van der Waals surface area contributed by atoms with E-state index in [1.165, 1.54) is 24.0 Å². The molecule has 1 aliphatic carbocycles. The molecule has 1 aliphatic rings. The highest BCUT2D eigenvalue weighted by atomic mass is 16.3. The standard InChI is InChI=1S/C19H23NO/c1-19(21,16-10-3-2-4-11-16)14-20-18-13-7-9-15-8-5-6-12-17(15)18/h2-6,8,10-12,18,20-21H,7,9,13-14H2,1H3. The molecule has 2 N–H and O–H groups in total. The predicted molar refractivity (Wildman–Crippen MR) is 86.1 cm³/mol. The Bertz CT molecular complexity index is 592. The molecule has 3 rings (SSSR count). The predicted octanol–water partition coefficient (Wildman–Crippen LogP) is 3.56. The summed E-state index contributed by atoms with van der Waals surface area (Å²) in [6.45, 7) is 2.44. The van der Waals surface area contributed by atoms with Gasteiger partial charge in [-0.05, 0) is 42.9 Å². The molecule has 0 heterocycles. The van der Waals surface area contributed by atoms with E-state index in [0.717, 1.165) is 12.0 Å². The molecule has 2 unspecified atom stereocenters. The second-order valence-corrected chi connectivity index (χ2v) is 6.16. The van der Waals surface area contributed by atoms with Gasteiger partial charge >= 0.3 is 0 Å². The van der Waals surface area contributed by atoms with Gasteiger partial charge in [0.05, 0.1) is 5.60 Å². The summed E-state index contributed by atoms with van der Waals surface area (Å²) in [5.41, 5.74) is 2.96. The fourth-order valence-corrected chi connectivity index (χ4v) is 3.19. The van der Waals surface area contributed by atoms with Gasteiger partial charge in [0, 0.05) is 12.6 Å². The smallest absolute Gasteiger partial charge is 0.0992 e. The third-order valence-corrected chi connectivity index (χ3v) is 4.46. The molecular formula is C19H23NO. The molecule has 0 fully saturated rings. The van der Waals surface area contributed by atoms with Crippen LogP contribution in [0.25, 0.3) is 0 Å². The molecule has 0 saturated carbocycles. The lowest BCUT2D eigenvalue weighted by molar-refractivity contribution is 0.0531. The van der Waals surface area contributed by atoms with Crippen LogP contribution in [0.1, 0.15) is 42.5 Å². The van der Waals surface area contributed by atoms with Crippen molar-refractivity contribution in [2.45, 2.75) is 37.8 Å². The van der Waals surface area contributed by atoms with Crippen LogP contribution in [0.2, 0.25) is 0 Å². The quantitative estimate of drug-likeness (QED) is 0.898. The molecule has 2 atom stereocenters. The summed E-state index contributed by atoms with van der Waals surface area (Å²) in [4.78, 5) is 0. The van der Waals surface area contributed by atoms with Crippen LogP contribution >= 0.6 is 0 Å². The van der Waals surface area contributed by atoms with Crippen LogP contribution in [0, 0.1) is 0 Å². The van der Waals surface area contributed by atoms with E-state index in [9.17, 15) is 5.11 Å². The Labute approximate surface area is 126 Å². The summed E-state index contributed by atoms with van der Waals surface area (Å²) in [5, 5.41) is 14.3. The Kier molecular flexibility index (Phi) is 4.09. The maximum Gasteiger partial charge on any atom is 0.0992 e. The van der Waals surface area contributed by atoms with Gasteiger partial charge in [-0.3, -0.25) is 0 Å². The van der Waals surface area contributed by atoms with Crippen molar-refractivity contribution >= 4 is 0 Å². The fourth-order valence-electron chi connectivity index (χ4n) is 3.19. The van der Waals surface area contributed by atoms with E-state index in [2.05, 4.69) is 29.6 Å². The molecule has 2 aromatic rings. The molecule has 2 aromatic carbocycles. The molecule has 0 spiro atoms. The molecule has 0 radical (unpaired) electrons. The number of rotatable bonds is 4. The number of aliphatic hydroxyl groups is 1. The Morgan fingerprint density at radius 3 is 2.62 bits per heavy atom. The molecule has 110 valence electrons. The number of nitrogens with one attached hydrogen (secondary N) is 1. The average molecular weight is 281 g/mol. The van der Waals surface area contributed by atoms with E-state index >= 15 is 0 Å². The maximum atomic E-state index is 10.7. The minimum absolute atomic E-state index is 0.352. The second kappa shape index (κ2) is 6.00. The first-order valence-electron chi connectivity index (χ1n) is 7.76. The maximum absolute atomic E-state index is 10.7. The van der Waals surface area contributed by atoms with Crippen molar-refractivity contribution in [2.75, 3.05) is 6.54 Å². The van der Waals surface area contributed by atoms with E-state index in [4.69, 9.17) is 0 Å². The molecule has 0 aromatic heterocycles. The van der Waals surface area contributed by atoms with Crippen LogP contribution in [0.5, 0.6) is 0 Å². The largest absolute Gasteiger partial charge is 0.384 e. The van der Waals surface area contributed by atoms with Crippen LogP contribution in [0.4, 0.5) is 0 Å². The van der Waals surface area contributed by atoms with Gasteiger partial charge in [-0.1, -0.05) is 54.6 Å². The Balaban J connectivity index is 1.71. The van der Waals surface area contributed by atoms with Crippen LogP contribution in [0.3, 0.4) is 0 Å². The normalized spacial score (nSPS) is 20.6. The number of hydrogen-bond donors (Lipinski definition) is 2. The summed E-state index contributed by atoms with van der Waals surface area (Å²) < 4.78 is 0. The zero-order valence-corrected chi connectivity index (χ0v) is 12.5. The van der Waals surface area contributed by atoms with Crippen molar-refractivity contribution in [2.24, 2.45) is 0 Å². The van der Waals surface area contributed by atoms with Gasteiger partial charge in [-0.25, -0.2) is 0 Å². The minimum atomic E-state index is -0.840. The van der Waals surface area contributed by atoms with E-state index in [0.29, 0.717) is 12.6 Å². The first-order valence-corrected chi connectivity index (χ1v) is 7.76. The lowest BCUT2D eigenvalue weighted by atomic mass is 9.87. The second-order valence-electron chi connectivity index (χ2n) is 6.16. The fraction of sp³-hybridized carbons (Fsp3) is 0.368. The van der Waals surface area contributed by atoms with Crippen LogP contribution in [0.15, 0.2) is 54.6 Å². The summed E-state index contributed by atoms with van der Waals surface area (Å²) in [7, 11) is 0. The summed E-state index contributed by atoms with van der Waals surface area (Å²) in [6, 6.07) is 18.9. The topological polar surface area (TPSA) is 32.3 Å². The number of benzene rings is 2. The van der Waals surface area contributed by atoms with Gasteiger partial charge in [0.2, 0.25) is 0 Å². The van der Waals surface area contributed by atoms with Crippen molar-refractivity contribution in [1.82, 2.24) is 5.32 Å². The molecule has 0 saturated heterocycles. The monoisotopic (exact) mass is 281 g/mol. The van der Waals surface area contributed by atoms with Crippen LogP contribution in [-0.2, 0) is 12.0 Å². The summed E-state index contributed by atoms with van der Waals surface area (Å²) in [6.07, 6.45) is 3.52. The highest BCUT2D eigenvalue weighted by Gasteiger charge is 2.26. The zero-order chi connectivity index (χ0) is 14.7. The van der Waals surface area contributed by atoms with Gasteiger partial charge in [0.25, 0.3) is 0 Å². The first kappa shape index (κ1) is 14.3. The molecule has 2 heteroatoms. The Morgan fingerprint density at radius 2 is 1.81 bits per heavy atom. The van der Waals surface area contributed by atoms with Crippen molar-refractivity contribution in [3.05, 3.63) is 71.3 Å². The zero-order valence-electron chi connectivity index (χ0n) is 12.5. The first-order chi connectivity index (χ1) is 10.2. The minimum Gasteiger partial charge on any atom is -0.384 e. The molecular weight excluding hydrogens is 258 g/mol. The van der Waals surface area contributed by atoms with Crippen molar-refractivity contribution in [3.63, 3.8) is 0 Å². The number of aryl methyl sites for hydroxylation is 1. The highest BCUT2D eigenvalue weighted by molar-refractivity contribution is 5.32. The molecule has 0 amide bonds. The molecule has 2 nitrogen and oxygen atoms in total. The SMILES string of the molecule is CC(O)(CNC1CCCc2ccccc21)c1ccccc1. The molecule has 0 aliphatic heterocycles. The van der Waals surface area contributed by atoms with Crippen LogP contribution in [-0.4, -0.2) is 11.7 Å². The van der Waals surface area contributed by atoms with E-state index in [1.807, 2.05) is 37.3 Å². The third-order valence-electron chi connectivity index (χ3n) is 4.46. The van der Waals surface area contributed by atoms with Gasteiger partial charge in [-0.15, -0.1) is 0 Å². The van der Waals surface area contributed by atoms with E-state index in [-0.39, 0.29) is 0 Å². The summed E-state index contributed by atoms with van der Waals surface area (Å²) in [5.74, 6) is 0. The van der Waals surface area contributed by atoms with Crippen molar-refractivity contribution in [3.8, 4) is 0 Å². The Hall–Kier alpha value is -1.64. The van der Waals surface area contributed by atoms with Crippen molar-refractivity contribution < 1.29 is 5.11 Å². The third kappa shape index (κ3) is 3.17. The van der Waals surface area contributed by atoms with E-state index in [1.54, 1.807) is 0 Å².